The minimum absolute atomic E-state index is 1.07. The molecule has 0 aliphatic rings. The first-order valence-electron chi connectivity index (χ1n) is 5.09. The van der Waals surface area contributed by atoms with Crippen LogP contribution >= 0.6 is 11.9 Å². The molecule has 0 aromatic heterocycles. The smallest absolute Gasteiger partial charge is 0.0417 e. The monoisotopic (exact) mass is 230 g/mol. The Hall–Kier alpha value is -1.45. The summed E-state index contributed by atoms with van der Waals surface area (Å²) in [5.74, 6) is 0. The Morgan fingerprint density at radius 1 is 1.00 bits per heavy atom. The summed E-state index contributed by atoms with van der Waals surface area (Å²) >= 11 is 1.27. The van der Waals surface area contributed by atoms with Crippen LogP contribution in [0.15, 0.2) is 53.4 Å². The summed E-state index contributed by atoms with van der Waals surface area (Å²) in [7, 11) is 1.93. The molecule has 0 atom stereocenters. The summed E-state index contributed by atoms with van der Waals surface area (Å²) in [5, 5.41) is 8.69. The summed E-state index contributed by atoms with van der Waals surface area (Å²) < 4.78 is 0. The predicted octanol–water partition coefficient (Wildman–Crippen LogP) is 3.36. The van der Waals surface area contributed by atoms with Crippen molar-refractivity contribution in [3.05, 3.63) is 48.5 Å². The molecule has 0 unspecified atom stereocenters. The Kier molecular flexibility index (Phi) is 3.49. The average Bonchev–Trinajstić information content (AvgIpc) is 2.39. The second-order valence-electron chi connectivity index (χ2n) is 3.44. The maximum atomic E-state index is 5.50. The zero-order valence-corrected chi connectivity index (χ0v) is 9.92. The molecule has 0 saturated carbocycles. The van der Waals surface area contributed by atoms with Crippen LogP contribution in [0.4, 0.5) is 5.69 Å². The molecule has 0 saturated heterocycles. The molecular formula is C13H14N2S. The molecule has 3 heteroatoms. The van der Waals surface area contributed by atoms with Crippen molar-refractivity contribution in [2.45, 2.75) is 4.90 Å². The molecule has 16 heavy (non-hydrogen) atoms. The Bertz CT molecular complexity index is 466. The topological polar surface area (TPSA) is 38.0 Å². The molecule has 0 bridgehead atoms. The van der Waals surface area contributed by atoms with Gasteiger partial charge in [-0.15, -0.1) is 0 Å². The van der Waals surface area contributed by atoms with E-state index < -0.39 is 0 Å². The number of anilines is 1. The molecule has 2 rings (SSSR count). The highest BCUT2D eigenvalue weighted by Crippen LogP contribution is 2.28. The Morgan fingerprint density at radius 2 is 1.69 bits per heavy atom. The van der Waals surface area contributed by atoms with Gasteiger partial charge in [0.2, 0.25) is 0 Å². The van der Waals surface area contributed by atoms with E-state index in [1.54, 1.807) is 0 Å². The quantitative estimate of drug-likeness (QED) is 0.794. The van der Waals surface area contributed by atoms with Gasteiger partial charge in [-0.1, -0.05) is 30.3 Å². The van der Waals surface area contributed by atoms with Gasteiger partial charge in [0.1, 0.15) is 0 Å². The van der Waals surface area contributed by atoms with Gasteiger partial charge >= 0.3 is 0 Å². The number of nitrogens with one attached hydrogen (secondary N) is 1. The molecule has 3 N–H and O–H groups in total. The van der Waals surface area contributed by atoms with Crippen LogP contribution in [0.5, 0.6) is 0 Å². The lowest BCUT2D eigenvalue weighted by molar-refractivity contribution is 1.44. The highest BCUT2D eigenvalue weighted by atomic mass is 32.2. The molecule has 0 fully saturated rings. The molecule has 0 amide bonds. The van der Waals surface area contributed by atoms with Gasteiger partial charge in [-0.25, -0.2) is 0 Å². The second-order valence-corrected chi connectivity index (χ2v) is 4.14. The van der Waals surface area contributed by atoms with E-state index in [1.165, 1.54) is 23.1 Å². The van der Waals surface area contributed by atoms with Gasteiger partial charge < -0.3 is 5.32 Å². The van der Waals surface area contributed by atoms with Crippen molar-refractivity contribution in [3.8, 4) is 11.1 Å². The van der Waals surface area contributed by atoms with E-state index >= 15 is 0 Å². The van der Waals surface area contributed by atoms with Crippen LogP contribution in [-0.2, 0) is 0 Å². The lowest BCUT2D eigenvalue weighted by atomic mass is 10.0. The summed E-state index contributed by atoms with van der Waals surface area (Å²) in [6.07, 6.45) is 0. The van der Waals surface area contributed by atoms with Crippen molar-refractivity contribution in [2.75, 3.05) is 12.4 Å². The Balaban J connectivity index is 2.42. The summed E-state index contributed by atoms with van der Waals surface area (Å²) in [6.45, 7) is 0. The second kappa shape index (κ2) is 5.05. The van der Waals surface area contributed by atoms with Crippen LogP contribution in [0, 0.1) is 0 Å². The normalized spacial score (nSPS) is 10.1. The molecule has 2 aromatic carbocycles. The Labute approximate surface area is 100 Å². The number of nitrogens with two attached hydrogens (primary N) is 1. The van der Waals surface area contributed by atoms with E-state index in [0.717, 1.165) is 10.6 Å². The molecule has 2 aromatic rings. The fourth-order valence-corrected chi connectivity index (χ4v) is 1.96. The number of hydrogen-bond donors (Lipinski definition) is 2. The number of hydrogen-bond acceptors (Lipinski definition) is 3. The maximum absolute atomic E-state index is 5.50. The number of para-hydroxylation sites is 1. The van der Waals surface area contributed by atoms with Crippen LogP contribution in [0.1, 0.15) is 0 Å². The third kappa shape index (κ3) is 2.21. The van der Waals surface area contributed by atoms with E-state index in [4.69, 9.17) is 5.14 Å². The van der Waals surface area contributed by atoms with Gasteiger partial charge in [0.15, 0.2) is 0 Å². The Morgan fingerprint density at radius 3 is 2.31 bits per heavy atom. The summed E-state index contributed by atoms with van der Waals surface area (Å²) in [5.41, 5.74) is 3.54. The first kappa shape index (κ1) is 11.0. The first-order valence-corrected chi connectivity index (χ1v) is 5.97. The van der Waals surface area contributed by atoms with Gasteiger partial charge in [-0.3, -0.25) is 5.14 Å². The van der Waals surface area contributed by atoms with Gasteiger partial charge in [-0.05, 0) is 35.7 Å². The van der Waals surface area contributed by atoms with E-state index in [2.05, 4.69) is 29.6 Å². The fraction of sp³-hybridized carbons (Fsp3) is 0.0769. The maximum Gasteiger partial charge on any atom is 0.0417 e. The van der Waals surface area contributed by atoms with Gasteiger partial charge in [-0.2, -0.15) is 0 Å². The van der Waals surface area contributed by atoms with E-state index in [0.29, 0.717) is 0 Å². The zero-order valence-electron chi connectivity index (χ0n) is 9.10. The molecule has 82 valence electrons. The predicted molar refractivity (Wildman–Crippen MR) is 71.5 cm³/mol. The van der Waals surface area contributed by atoms with E-state index in [1.807, 2.05) is 31.3 Å². The third-order valence-corrected chi connectivity index (χ3v) is 3.04. The molecular weight excluding hydrogens is 216 g/mol. The SMILES string of the molecule is CNc1ccccc1-c1ccc(SN)cc1. The highest BCUT2D eigenvalue weighted by Gasteiger charge is 2.02. The lowest BCUT2D eigenvalue weighted by Crippen LogP contribution is -1.91. The summed E-state index contributed by atoms with van der Waals surface area (Å²) in [6, 6.07) is 16.5. The molecule has 0 aliphatic heterocycles. The van der Waals surface area contributed by atoms with Crippen molar-refractivity contribution in [2.24, 2.45) is 5.14 Å². The van der Waals surface area contributed by atoms with Crippen LogP contribution in [0.3, 0.4) is 0 Å². The minimum atomic E-state index is 1.07. The zero-order chi connectivity index (χ0) is 11.4. The standard InChI is InChI=1S/C13H14N2S/c1-15-13-5-3-2-4-12(13)10-6-8-11(16-14)9-7-10/h2-9,15H,14H2,1H3. The number of benzene rings is 2. The lowest BCUT2D eigenvalue weighted by Gasteiger charge is -2.09. The van der Waals surface area contributed by atoms with Crippen molar-refractivity contribution in [1.29, 1.82) is 0 Å². The van der Waals surface area contributed by atoms with Crippen LogP contribution < -0.4 is 10.5 Å². The highest BCUT2D eigenvalue weighted by molar-refractivity contribution is 7.97. The molecule has 0 radical (unpaired) electrons. The summed E-state index contributed by atoms with van der Waals surface area (Å²) in [4.78, 5) is 1.07. The first-order chi connectivity index (χ1) is 7.85. The largest absolute Gasteiger partial charge is 0.388 e. The van der Waals surface area contributed by atoms with Crippen LogP contribution in [0.25, 0.3) is 11.1 Å². The number of rotatable bonds is 3. The van der Waals surface area contributed by atoms with E-state index in [-0.39, 0.29) is 0 Å². The average molecular weight is 230 g/mol. The molecule has 0 heterocycles. The van der Waals surface area contributed by atoms with Gasteiger partial charge in [0.05, 0.1) is 0 Å². The van der Waals surface area contributed by atoms with Gasteiger partial charge in [0.25, 0.3) is 0 Å². The molecule has 2 nitrogen and oxygen atoms in total. The van der Waals surface area contributed by atoms with Crippen LogP contribution in [0.2, 0.25) is 0 Å². The van der Waals surface area contributed by atoms with Gasteiger partial charge in [0, 0.05) is 23.2 Å². The fourth-order valence-electron chi connectivity index (χ4n) is 1.67. The molecule has 0 aliphatic carbocycles. The van der Waals surface area contributed by atoms with Crippen molar-refractivity contribution < 1.29 is 0 Å². The van der Waals surface area contributed by atoms with E-state index in [9.17, 15) is 0 Å². The van der Waals surface area contributed by atoms with Crippen molar-refractivity contribution >= 4 is 17.6 Å². The van der Waals surface area contributed by atoms with Crippen molar-refractivity contribution in [1.82, 2.24) is 0 Å². The minimum Gasteiger partial charge on any atom is -0.388 e. The van der Waals surface area contributed by atoms with Crippen LogP contribution in [-0.4, -0.2) is 7.05 Å². The molecule has 0 spiro atoms. The third-order valence-electron chi connectivity index (χ3n) is 2.50. The van der Waals surface area contributed by atoms with Crippen molar-refractivity contribution in [3.63, 3.8) is 0 Å².